The van der Waals surface area contributed by atoms with Crippen molar-refractivity contribution in [3.63, 3.8) is 0 Å². The molecule has 0 unspecified atom stereocenters. The van der Waals surface area contributed by atoms with E-state index in [2.05, 4.69) is 0 Å². The van der Waals surface area contributed by atoms with E-state index >= 15 is 0 Å². The number of carbonyl (C=O) groups is 2. The van der Waals surface area contributed by atoms with Crippen LogP contribution in [0, 0.1) is 11.3 Å². The summed E-state index contributed by atoms with van der Waals surface area (Å²) in [5.41, 5.74) is 2.21. The van der Waals surface area contributed by atoms with Crippen LogP contribution < -0.4 is 4.74 Å². The average Bonchev–Trinajstić information content (AvgIpc) is 2.55. The van der Waals surface area contributed by atoms with Crippen molar-refractivity contribution in [1.29, 1.82) is 5.26 Å². The Bertz CT molecular complexity index is 742. The van der Waals surface area contributed by atoms with Crippen LogP contribution in [0.25, 0.3) is 11.1 Å². The van der Waals surface area contributed by atoms with E-state index in [0.29, 0.717) is 11.3 Å². The maximum absolute atomic E-state index is 11.8. The van der Waals surface area contributed by atoms with Crippen LogP contribution in [0.2, 0.25) is 0 Å². The van der Waals surface area contributed by atoms with Crippen molar-refractivity contribution in [1.82, 2.24) is 0 Å². The highest BCUT2D eigenvalue weighted by Gasteiger charge is 2.11. The van der Waals surface area contributed by atoms with E-state index in [1.807, 2.05) is 18.2 Å². The lowest BCUT2D eigenvalue weighted by Crippen LogP contribution is -2.12. The summed E-state index contributed by atoms with van der Waals surface area (Å²) in [6.45, 7) is 2.86. The lowest BCUT2D eigenvalue weighted by atomic mass is 10.0. The number of hydrogen-bond acceptors (Lipinski definition) is 5. The molecule has 0 aromatic heterocycles. The molecule has 1 atom stereocenters. The van der Waals surface area contributed by atoms with Crippen LogP contribution in [0.3, 0.4) is 0 Å². The number of benzene rings is 2. The molecule has 2 rings (SSSR count). The number of esters is 2. The molecule has 0 heterocycles. The molecule has 0 aliphatic heterocycles. The van der Waals surface area contributed by atoms with E-state index in [0.717, 1.165) is 11.1 Å². The molecule has 0 spiro atoms. The first-order valence-corrected chi connectivity index (χ1v) is 6.99. The molecule has 0 saturated heterocycles. The van der Waals surface area contributed by atoms with Crippen molar-refractivity contribution in [2.45, 2.75) is 20.0 Å². The van der Waals surface area contributed by atoms with Gasteiger partial charge in [0.1, 0.15) is 11.8 Å². The molecule has 0 saturated carbocycles. The molecule has 0 amide bonds. The molecule has 2 aromatic carbocycles. The van der Waals surface area contributed by atoms with E-state index in [1.54, 1.807) is 36.4 Å². The van der Waals surface area contributed by atoms with Crippen LogP contribution in [-0.4, -0.2) is 18.0 Å². The number of hydrogen-bond donors (Lipinski definition) is 0. The number of nitrogens with zero attached hydrogens (tertiary/aromatic N) is 1. The highest BCUT2D eigenvalue weighted by atomic mass is 16.5. The van der Waals surface area contributed by atoms with Gasteiger partial charge in [-0.1, -0.05) is 24.3 Å². The van der Waals surface area contributed by atoms with Crippen molar-refractivity contribution in [2.75, 3.05) is 0 Å². The molecule has 0 radical (unpaired) electrons. The third-order valence-electron chi connectivity index (χ3n) is 3.04. The van der Waals surface area contributed by atoms with Gasteiger partial charge in [0.2, 0.25) is 0 Å². The van der Waals surface area contributed by atoms with Gasteiger partial charge in [0.15, 0.2) is 6.10 Å². The average molecular weight is 309 g/mol. The summed E-state index contributed by atoms with van der Waals surface area (Å²) in [6.07, 6.45) is -0.781. The first-order chi connectivity index (χ1) is 11.0. The van der Waals surface area contributed by atoms with Crippen LogP contribution in [0.1, 0.15) is 24.2 Å². The molecule has 0 bridgehead atoms. The fourth-order valence-electron chi connectivity index (χ4n) is 1.94. The molecule has 116 valence electrons. The van der Waals surface area contributed by atoms with Gasteiger partial charge in [-0.2, -0.15) is 5.26 Å². The van der Waals surface area contributed by atoms with Crippen molar-refractivity contribution < 1.29 is 19.1 Å². The maximum Gasteiger partial charge on any atom is 0.339 e. The predicted molar refractivity (Wildman–Crippen MR) is 83.7 cm³/mol. The molecule has 0 N–H and O–H groups in total. The van der Waals surface area contributed by atoms with Crippen LogP contribution in [-0.2, 0) is 9.53 Å². The van der Waals surface area contributed by atoms with Crippen molar-refractivity contribution in [3.8, 4) is 22.9 Å². The molecular formula is C18H15NO4. The maximum atomic E-state index is 11.8. The monoisotopic (exact) mass is 309 g/mol. The summed E-state index contributed by atoms with van der Waals surface area (Å²) < 4.78 is 9.91. The van der Waals surface area contributed by atoms with Gasteiger partial charge in [-0.05, 0) is 42.3 Å². The van der Waals surface area contributed by atoms with Gasteiger partial charge < -0.3 is 9.47 Å². The lowest BCUT2D eigenvalue weighted by molar-refractivity contribution is -0.131. The Kier molecular flexibility index (Phi) is 5.11. The second-order valence-corrected chi connectivity index (χ2v) is 4.87. The number of rotatable bonds is 4. The Hall–Kier alpha value is -3.13. The molecule has 5 nitrogen and oxygen atoms in total. The van der Waals surface area contributed by atoms with Crippen LogP contribution in [0.4, 0.5) is 0 Å². The minimum Gasteiger partial charge on any atom is -0.444 e. The van der Waals surface area contributed by atoms with Crippen molar-refractivity contribution in [3.05, 3.63) is 54.1 Å². The third-order valence-corrected chi connectivity index (χ3v) is 3.04. The summed E-state index contributed by atoms with van der Waals surface area (Å²) in [6, 6.07) is 15.7. The Morgan fingerprint density at radius 2 is 1.52 bits per heavy atom. The van der Waals surface area contributed by atoms with Crippen molar-refractivity contribution in [2.24, 2.45) is 0 Å². The molecule has 0 fully saturated rings. The Labute approximate surface area is 134 Å². The van der Waals surface area contributed by atoms with Gasteiger partial charge in [0, 0.05) is 6.92 Å². The van der Waals surface area contributed by atoms with Gasteiger partial charge in [-0.3, -0.25) is 4.79 Å². The van der Waals surface area contributed by atoms with E-state index in [1.165, 1.54) is 13.8 Å². The molecule has 0 aliphatic carbocycles. The molecule has 2 aromatic rings. The van der Waals surface area contributed by atoms with Gasteiger partial charge in [-0.25, -0.2) is 4.79 Å². The van der Waals surface area contributed by atoms with Gasteiger partial charge in [-0.15, -0.1) is 0 Å². The summed E-state index contributed by atoms with van der Waals surface area (Å²) >= 11 is 0. The standard InChI is InChI=1S/C18H15NO4/c1-12(11-19)22-18(21)16-5-3-14(4-6-16)15-7-9-17(10-8-15)23-13(2)20/h3-10,12H,1-2H3/t12-/m1/s1. The van der Waals surface area contributed by atoms with E-state index in [-0.39, 0.29) is 5.97 Å². The second-order valence-electron chi connectivity index (χ2n) is 4.87. The largest absolute Gasteiger partial charge is 0.444 e. The van der Waals surface area contributed by atoms with Gasteiger partial charge in [0.05, 0.1) is 5.56 Å². The SMILES string of the molecule is CC(=O)Oc1ccc(-c2ccc(C(=O)O[C@H](C)C#N)cc2)cc1. The number of nitriles is 1. The Morgan fingerprint density at radius 1 is 1.00 bits per heavy atom. The first-order valence-electron chi connectivity index (χ1n) is 6.99. The lowest BCUT2D eigenvalue weighted by Gasteiger charge is -2.07. The predicted octanol–water partition coefficient (Wildman–Crippen LogP) is 3.35. The van der Waals surface area contributed by atoms with Crippen molar-refractivity contribution >= 4 is 11.9 Å². The smallest absolute Gasteiger partial charge is 0.339 e. The number of carbonyl (C=O) groups excluding carboxylic acids is 2. The highest BCUT2D eigenvalue weighted by Crippen LogP contribution is 2.23. The molecular weight excluding hydrogens is 294 g/mol. The third kappa shape index (κ3) is 4.42. The second kappa shape index (κ2) is 7.23. The van der Waals surface area contributed by atoms with E-state index in [4.69, 9.17) is 14.7 Å². The van der Waals surface area contributed by atoms with Gasteiger partial charge >= 0.3 is 11.9 Å². The first kappa shape index (κ1) is 16.2. The van der Waals surface area contributed by atoms with E-state index < -0.39 is 12.1 Å². The summed E-state index contributed by atoms with van der Waals surface area (Å²) in [7, 11) is 0. The zero-order valence-corrected chi connectivity index (χ0v) is 12.8. The summed E-state index contributed by atoms with van der Waals surface area (Å²) in [5.74, 6) is -0.421. The zero-order chi connectivity index (χ0) is 16.8. The molecule has 23 heavy (non-hydrogen) atoms. The summed E-state index contributed by atoms with van der Waals surface area (Å²) in [5, 5.41) is 8.64. The van der Waals surface area contributed by atoms with Crippen LogP contribution in [0.5, 0.6) is 5.75 Å². The molecule has 5 heteroatoms. The summed E-state index contributed by atoms with van der Waals surface area (Å²) in [4.78, 5) is 22.7. The zero-order valence-electron chi connectivity index (χ0n) is 12.8. The number of ether oxygens (including phenoxy) is 2. The highest BCUT2D eigenvalue weighted by molar-refractivity contribution is 5.90. The molecule has 0 aliphatic rings. The Morgan fingerprint density at radius 3 is 2.00 bits per heavy atom. The van der Waals surface area contributed by atoms with Crippen LogP contribution in [0.15, 0.2) is 48.5 Å². The fourth-order valence-corrected chi connectivity index (χ4v) is 1.94. The fraction of sp³-hybridized carbons (Fsp3) is 0.167. The van der Waals surface area contributed by atoms with E-state index in [9.17, 15) is 9.59 Å². The Balaban J connectivity index is 2.12. The minimum absolute atomic E-state index is 0.368. The van der Waals surface area contributed by atoms with Gasteiger partial charge in [0.25, 0.3) is 0 Å². The van der Waals surface area contributed by atoms with Crippen LogP contribution >= 0.6 is 0 Å². The normalized spacial score (nSPS) is 11.2. The topological polar surface area (TPSA) is 76.4 Å². The quantitative estimate of drug-likeness (QED) is 0.639. The minimum atomic E-state index is -0.781.